The molecule has 0 fully saturated rings. The van der Waals surface area contributed by atoms with Gasteiger partial charge >= 0.3 is 0 Å². The average Bonchev–Trinajstić information content (AvgIpc) is 2.38. The molecular formula is C15H12F2O2. The van der Waals surface area contributed by atoms with E-state index in [0.29, 0.717) is 22.4 Å². The molecule has 0 saturated heterocycles. The molecule has 2 aromatic rings. The fraction of sp³-hybridized carbons (Fsp3) is 0.133. The van der Waals surface area contributed by atoms with E-state index in [4.69, 9.17) is 4.74 Å². The first kappa shape index (κ1) is 13.2. The minimum Gasteiger partial charge on any atom is -0.496 e. The standard InChI is InChI=1S/C15H12F2O2/c1-9(18)12-5-3-10(16)7-13(12)14-8-11(17)4-6-15(14)19-2/h3-8H,1-2H3. The van der Waals surface area contributed by atoms with Gasteiger partial charge in [0.25, 0.3) is 0 Å². The van der Waals surface area contributed by atoms with Gasteiger partial charge in [-0.2, -0.15) is 0 Å². The van der Waals surface area contributed by atoms with Crippen LogP contribution < -0.4 is 4.74 Å². The number of ether oxygens (including phenoxy) is 1. The van der Waals surface area contributed by atoms with Crippen LogP contribution in [0.4, 0.5) is 8.78 Å². The lowest BCUT2D eigenvalue weighted by atomic mass is 9.96. The summed E-state index contributed by atoms with van der Waals surface area (Å²) >= 11 is 0. The van der Waals surface area contributed by atoms with Gasteiger partial charge in [0.05, 0.1) is 7.11 Å². The van der Waals surface area contributed by atoms with Gasteiger partial charge in [-0.25, -0.2) is 8.78 Å². The zero-order chi connectivity index (χ0) is 14.0. The Labute approximate surface area is 109 Å². The molecule has 2 nitrogen and oxygen atoms in total. The number of benzene rings is 2. The van der Waals surface area contributed by atoms with Gasteiger partial charge in [-0.3, -0.25) is 4.79 Å². The van der Waals surface area contributed by atoms with Crippen molar-refractivity contribution in [1.82, 2.24) is 0 Å². The molecule has 0 aromatic heterocycles. The van der Waals surface area contributed by atoms with Crippen molar-refractivity contribution < 1.29 is 18.3 Å². The van der Waals surface area contributed by atoms with E-state index >= 15 is 0 Å². The summed E-state index contributed by atoms with van der Waals surface area (Å²) in [5, 5.41) is 0. The molecule has 4 heteroatoms. The predicted molar refractivity (Wildman–Crippen MR) is 68.4 cm³/mol. The van der Waals surface area contributed by atoms with Crippen molar-refractivity contribution in [3.05, 3.63) is 53.6 Å². The van der Waals surface area contributed by atoms with Crippen molar-refractivity contribution in [3.8, 4) is 16.9 Å². The van der Waals surface area contributed by atoms with E-state index in [2.05, 4.69) is 0 Å². The maximum absolute atomic E-state index is 13.4. The minimum atomic E-state index is -0.494. The molecule has 98 valence electrons. The highest BCUT2D eigenvalue weighted by molar-refractivity contribution is 6.01. The van der Waals surface area contributed by atoms with Crippen molar-refractivity contribution >= 4 is 5.78 Å². The third-order valence-electron chi connectivity index (χ3n) is 2.81. The number of Topliss-reactive ketones (excluding diaryl/α,β-unsaturated/α-hetero) is 1. The first-order valence-electron chi connectivity index (χ1n) is 5.67. The highest BCUT2D eigenvalue weighted by atomic mass is 19.1. The van der Waals surface area contributed by atoms with Gasteiger partial charge in [0.2, 0.25) is 0 Å². The second-order valence-corrected chi connectivity index (χ2v) is 4.09. The van der Waals surface area contributed by atoms with E-state index in [9.17, 15) is 13.6 Å². The summed E-state index contributed by atoms with van der Waals surface area (Å²) in [5.41, 5.74) is 1.00. The van der Waals surface area contributed by atoms with Crippen LogP contribution in [0.3, 0.4) is 0 Å². The zero-order valence-corrected chi connectivity index (χ0v) is 10.5. The Morgan fingerprint density at radius 1 is 1.00 bits per heavy atom. The first-order valence-corrected chi connectivity index (χ1v) is 5.67. The summed E-state index contributed by atoms with van der Waals surface area (Å²) in [6.45, 7) is 1.38. The third-order valence-corrected chi connectivity index (χ3v) is 2.81. The van der Waals surface area contributed by atoms with Crippen molar-refractivity contribution in [2.45, 2.75) is 6.92 Å². The highest BCUT2D eigenvalue weighted by Crippen LogP contribution is 2.33. The molecule has 0 spiro atoms. The molecule has 0 aliphatic carbocycles. The van der Waals surface area contributed by atoms with E-state index in [1.54, 1.807) is 0 Å². The maximum Gasteiger partial charge on any atom is 0.160 e. The number of carbonyl (C=O) groups is 1. The fourth-order valence-electron chi connectivity index (χ4n) is 1.94. The van der Waals surface area contributed by atoms with Crippen LogP contribution in [0.15, 0.2) is 36.4 Å². The van der Waals surface area contributed by atoms with Crippen LogP contribution >= 0.6 is 0 Å². The Hall–Kier alpha value is -2.23. The topological polar surface area (TPSA) is 26.3 Å². The van der Waals surface area contributed by atoms with Crippen LogP contribution in [0.25, 0.3) is 11.1 Å². The fourth-order valence-corrected chi connectivity index (χ4v) is 1.94. The molecule has 0 atom stereocenters. The zero-order valence-electron chi connectivity index (χ0n) is 10.5. The summed E-state index contributed by atoms with van der Waals surface area (Å²) in [6, 6.07) is 7.70. The Balaban J connectivity index is 2.73. The molecule has 0 radical (unpaired) electrons. The van der Waals surface area contributed by atoms with Crippen molar-refractivity contribution in [2.75, 3.05) is 7.11 Å². The lowest BCUT2D eigenvalue weighted by Gasteiger charge is -2.12. The second-order valence-electron chi connectivity index (χ2n) is 4.09. The number of halogens is 2. The normalized spacial score (nSPS) is 10.3. The van der Waals surface area contributed by atoms with E-state index < -0.39 is 11.6 Å². The van der Waals surface area contributed by atoms with Gasteiger partial charge in [-0.15, -0.1) is 0 Å². The summed E-state index contributed by atoms with van der Waals surface area (Å²) < 4.78 is 31.9. The number of hydrogen-bond donors (Lipinski definition) is 0. The quantitative estimate of drug-likeness (QED) is 0.785. The smallest absolute Gasteiger partial charge is 0.160 e. The molecule has 19 heavy (non-hydrogen) atoms. The number of carbonyl (C=O) groups excluding carboxylic acids is 1. The average molecular weight is 262 g/mol. The molecule has 0 heterocycles. The lowest BCUT2D eigenvalue weighted by molar-refractivity contribution is 0.101. The Morgan fingerprint density at radius 2 is 1.58 bits per heavy atom. The van der Waals surface area contributed by atoms with Crippen LogP contribution in [0.1, 0.15) is 17.3 Å². The summed E-state index contributed by atoms with van der Waals surface area (Å²) in [7, 11) is 1.43. The third kappa shape index (κ3) is 2.62. The Bertz CT molecular complexity index is 636. The van der Waals surface area contributed by atoms with Crippen LogP contribution in [0.2, 0.25) is 0 Å². The number of hydrogen-bond acceptors (Lipinski definition) is 2. The van der Waals surface area contributed by atoms with Gasteiger partial charge < -0.3 is 4.74 Å². The van der Waals surface area contributed by atoms with E-state index in [1.807, 2.05) is 0 Å². The maximum atomic E-state index is 13.4. The second kappa shape index (κ2) is 5.18. The van der Waals surface area contributed by atoms with Gasteiger partial charge in [0.15, 0.2) is 5.78 Å². The summed E-state index contributed by atoms with van der Waals surface area (Å²) in [5.74, 6) is -0.809. The molecule has 0 aliphatic rings. The van der Waals surface area contributed by atoms with Crippen molar-refractivity contribution in [1.29, 1.82) is 0 Å². The largest absolute Gasteiger partial charge is 0.496 e. The Kier molecular flexibility index (Phi) is 3.60. The molecule has 2 rings (SSSR count). The molecule has 0 N–H and O–H groups in total. The monoisotopic (exact) mass is 262 g/mol. The van der Waals surface area contributed by atoms with Gasteiger partial charge in [0.1, 0.15) is 17.4 Å². The molecule has 0 amide bonds. The molecule has 0 saturated carbocycles. The van der Waals surface area contributed by atoms with Crippen LogP contribution in [-0.4, -0.2) is 12.9 Å². The molecule has 0 unspecified atom stereocenters. The molecule has 0 aliphatic heterocycles. The minimum absolute atomic E-state index is 0.221. The molecular weight excluding hydrogens is 250 g/mol. The van der Waals surface area contributed by atoms with E-state index in [1.165, 1.54) is 50.4 Å². The SMILES string of the molecule is COc1ccc(F)cc1-c1cc(F)ccc1C(C)=O. The summed E-state index contributed by atoms with van der Waals surface area (Å²) in [6.07, 6.45) is 0. The lowest BCUT2D eigenvalue weighted by Crippen LogP contribution is -1.99. The summed E-state index contributed by atoms with van der Waals surface area (Å²) in [4.78, 5) is 11.6. The highest BCUT2D eigenvalue weighted by Gasteiger charge is 2.15. The number of ketones is 1. The molecule has 2 aromatic carbocycles. The predicted octanol–water partition coefficient (Wildman–Crippen LogP) is 3.84. The van der Waals surface area contributed by atoms with Gasteiger partial charge in [-0.1, -0.05) is 0 Å². The first-order chi connectivity index (χ1) is 9.02. The van der Waals surface area contributed by atoms with Crippen molar-refractivity contribution in [3.63, 3.8) is 0 Å². The van der Waals surface area contributed by atoms with Crippen LogP contribution in [0.5, 0.6) is 5.75 Å². The van der Waals surface area contributed by atoms with E-state index in [-0.39, 0.29) is 5.78 Å². The molecule has 0 bridgehead atoms. The number of rotatable bonds is 3. The van der Waals surface area contributed by atoms with Gasteiger partial charge in [-0.05, 0) is 48.9 Å². The van der Waals surface area contributed by atoms with Crippen LogP contribution in [-0.2, 0) is 0 Å². The Morgan fingerprint density at radius 3 is 2.16 bits per heavy atom. The number of methoxy groups -OCH3 is 1. The van der Waals surface area contributed by atoms with Crippen molar-refractivity contribution in [2.24, 2.45) is 0 Å². The van der Waals surface area contributed by atoms with E-state index in [0.717, 1.165) is 0 Å². The van der Waals surface area contributed by atoms with Gasteiger partial charge in [0, 0.05) is 11.1 Å². The van der Waals surface area contributed by atoms with Crippen LogP contribution in [0, 0.1) is 11.6 Å².